The lowest BCUT2D eigenvalue weighted by Crippen LogP contribution is -2.14. The Morgan fingerprint density at radius 1 is 1.56 bits per heavy atom. The van der Waals surface area contributed by atoms with Crippen LogP contribution in [0.2, 0.25) is 0 Å². The summed E-state index contributed by atoms with van der Waals surface area (Å²) >= 11 is 3.23. The first-order valence-electron chi connectivity index (χ1n) is 5.25. The molecule has 2 nitrogen and oxygen atoms in total. The molecule has 4 heteroatoms. The van der Waals surface area contributed by atoms with Gasteiger partial charge in [-0.25, -0.2) is 4.39 Å². The van der Waals surface area contributed by atoms with Crippen molar-refractivity contribution in [2.45, 2.75) is 19.8 Å². The summed E-state index contributed by atoms with van der Waals surface area (Å²) in [5.74, 6) is -0.813. The van der Waals surface area contributed by atoms with Gasteiger partial charge in [-0.1, -0.05) is 22.9 Å². The predicted octanol–water partition coefficient (Wildman–Crippen LogP) is 3.15. The molecule has 0 saturated heterocycles. The number of hydrogen-bond acceptors (Lipinski definition) is 2. The molecule has 1 unspecified atom stereocenters. The Labute approximate surface area is 103 Å². The molecule has 0 spiro atoms. The first kappa shape index (κ1) is 13.3. The lowest BCUT2D eigenvalue weighted by atomic mass is 9.95. The third-order valence-corrected chi connectivity index (χ3v) is 2.98. The molecule has 0 radical (unpaired) electrons. The van der Waals surface area contributed by atoms with E-state index >= 15 is 0 Å². The predicted molar refractivity (Wildman–Crippen MR) is 65.9 cm³/mol. The molecule has 1 atom stereocenters. The molecule has 0 aliphatic carbocycles. The third-order valence-electron chi connectivity index (χ3n) is 2.48. The van der Waals surface area contributed by atoms with E-state index in [1.807, 2.05) is 0 Å². The van der Waals surface area contributed by atoms with E-state index in [-0.39, 0.29) is 17.3 Å². The molecule has 16 heavy (non-hydrogen) atoms. The van der Waals surface area contributed by atoms with E-state index in [9.17, 15) is 9.18 Å². The van der Waals surface area contributed by atoms with Gasteiger partial charge in [0.2, 0.25) is 0 Å². The van der Waals surface area contributed by atoms with Crippen molar-refractivity contribution in [3.63, 3.8) is 0 Å². The first-order valence-corrected chi connectivity index (χ1v) is 6.05. The van der Waals surface area contributed by atoms with Crippen LogP contribution >= 0.6 is 15.9 Å². The topological polar surface area (TPSA) is 43.1 Å². The maximum absolute atomic E-state index is 13.4. The van der Waals surface area contributed by atoms with Crippen LogP contribution in [0.3, 0.4) is 0 Å². The van der Waals surface area contributed by atoms with Crippen molar-refractivity contribution in [3.8, 4) is 0 Å². The van der Waals surface area contributed by atoms with Crippen molar-refractivity contribution in [3.05, 3.63) is 34.1 Å². The highest BCUT2D eigenvalue weighted by Crippen LogP contribution is 2.20. The number of hydrogen-bond donors (Lipinski definition) is 1. The Morgan fingerprint density at radius 2 is 2.25 bits per heavy atom. The summed E-state index contributed by atoms with van der Waals surface area (Å²) < 4.78 is 14.1. The van der Waals surface area contributed by atoms with Crippen LogP contribution < -0.4 is 5.73 Å². The smallest absolute Gasteiger partial charge is 0.168 e. The van der Waals surface area contributed by atoms with E-state index in [1.54, 1.807) is 13.0 Å². The monoisotopic (exact) mass is 287 g/mol. The molecule has 1 rings (SSSR count). The summed E-state index contributed by atoms with van der Waals surface area (Å²) in [6.07, 6.45) is 1.48. The highest BCUT2D eigenvalue weighted by Gasteiger charge is 2.18. The zero-order chi connectivity index (χ0) is 12.1. The summed E-state index contributed by atoms with van der Waals surface area (Å²) in [7, 11) is 0. The zero-order valence-corrected chi connectivity index (χ0v) is 10.8. The summed E-state index contributed by atoms with van der Waals surface area (Å²) in [6.45, 7) is 2.36. The highest BCUT2D eigenvalue weighted by atomic mass is 79.9. The molecule has 1 aromatic rings. The van der Waals surface area contributed by atoms with Gasteiger partial charge in [-0.3, -0.25) is 4.79 Å². The molecule has 0 saturated carbocycles. The van der Waals surface area contributed by atoms with Crippen LogP contribution in [0.4, 0.5) is 4.39 Å². The van der Waals surface area contributed by atoms with Crippen molar-refractivity contribution < 1.29 is 9.18 Å². The quantitative estimate of drug-likeness (QED) is 0.846. The van der Waals surface area contributed by atoms with Crippen LogP contribution in [-0.4, -0.2) is 12.3 Å². The largest absolute Gasteiger partial charge is 0.330 e. The molecule has 0 aliphatic rings. The van der Waals surface area contributed by atoms with Crippen molar-refractivity contribution in [1.29, 1.82) is 0 Å². The molecule has 88 valence electrons. The van der Waals surface area contributed by atoms with Crippen molar-refractivity contribution in [1.82, 2.24) is 0 Å². The summed E-state index contributed by atoms with van der Waals surface area (Å²) in [5, 5.41) is 0. The molecule has 0 bridgehead atoms. The maximum Gasteiger partial charge on any atom is 0.168 e. The fraction of sp³-hybridized carbons (Fsp3) is 0.417. The Hall–Kier alpha value is -0.740. The normalized spacial score (nSPS) is 12.5. The van der Waals surface area contributed by atoms with E-state index in [1.165, 1.54) is 12.1 Å². The fourth-order valence-electron chi connectivity index (χ4n) is 1.51. The molecular weight excluding hydrogens is 273 g/mol. The van der Waals surface area contributed by atoms with Crippen LogP contribution in [0.25, 0.3) is 0 Å². The van der Waals surface area contributed by atoms with Crippen LogP contribution in [0.15, 0.2) is 22.7 Å². The Kier molecular flexibility index (Phi) is 5.09. The molecule has 1 aromatic carbocycles. The van der Waals surface area contributed by atoms with Gasteiger partial charge >= 0.3 is 0 Å². The minimum Gasteiger partial charge on any atom is -0.330 e. The van der Waals surface area contributed by atoms with Gasteiger partial charge in [-0.05, 0) is 37.6 Å². The second-order valence-electron chi connectivity index (χ2n) is 3.82. The number of carbonyl (C=O) groups excluding carboxylic acids is 1. The van der Waals surface area contributed by atoms with Crippen molar-refractivity contribution >= 4 is 21.7 Å². The van der Waals surface area contributed by atoms with Gasteiger partial charge in [0.25, 0.3) is 0 Å². The van der Waals surface area contributed by atoms with Crippen LogP contribution in [0, 0.1) is 11.7 Å². The van der Waals surface area contributed by atoms with Gasteiger partial charge < -0.3 is 5.73 Å². The van der Waals surface area contributed by atoms with Gasteiger partial charge in [-0.2, -0.15) is 0 Å². The second kappa shape index (κ2) is 6.11. The number of ketones is 1. The lowest BCUT2D eigenvalue weighted by Gasteiger charge is -2.10. The van der Waals surface area contributed by atoms with Crippen LogP contribution in [-0.2, 0) is 0 Å². The van der Waals surface area contributed by atoms with E-state index in [0.717, 1.165) is 6.42 Å². The Morgan fingerprint density at radius 3 is 2.88 bits per heavy atom. The van der Waals surface area contributed by atoms with E-state index < -0.39 is 5.82 Å². The molecule has 2 N–H and O–H groups in total. The molecule has 0 heterocycles. The minimum atomic E-state index is -0.465. The fourth-order valence-corrected chi connectivity index (χ4v) is 1.87. The SMILES string of the molecule is CC(CCCN)C(=O)c1cc(Br)ccc1F. The number of carbonyl (C=O) groups is 1. The number of nitrogens with two attached hydrogens (primary N) is 1. The van der Waals surface area contributed by atoms with E-state index in [2.05, 4.69) is 15.9 Å². The standard InChI is InChI=1S/C12H15BrFNO/c1-8(3-2-6-15)12(16)10-7-9(13)4-5-11(10)14/h4-5,7-8H,2-3,6,15H2,1H3. The van der Waals surface area contributed by atoms with Crippen LogP contribution in [0.5, 0.6) is 0 Å². The number of benzene rings is 1. The van der Waals surface area contributed by atoms with Gasteiger partial charge in [0, 0.05) is 10.4 Å². The number of halogens is 2. The molecule has 0 amide bonds. The van der Waals surface area contributed by atoms with Gasteiger partial charge in [0.1, 0.15) is 5.82 Å². The summed E-state index contributed by atoms with van der Waals surface area (Å²) in [4.78, 5) is 11.9. The number of rotatable bonds is 5. The van der Waals surface area contributed by atoms with Crippen molar-refractivity contribution in [2.24, 2.45) is 11.7 Å². The number of Topliss-reactive ketones (excluding diaryl/α,β-unsaturated/α-hetero) is 1. The summed E-state index contributed by atoms with van der Waals surface area (Å²) in [6, 6.07) is 4.40. The van der Waals surface area contributed by atoms with Crippen LogP contribution in [0.1, 0.15) is 30.1 Å². The van der Waals surface area contributed by atoms with Gasteiger partial charge in [0.05, 0.1) is 5.56 Å². The Bertz CT molecular complexity index is 381. The molecule has 0 fully saturated rings. The molecule has 0 aliphatic heterocycles. The van der Waals surface area contributed by atoms with Gasteiger partial charge in [0.15, 0.2) is 5.78 Å². The second-order valence-corrected chi connectivity index (χ2v) is 4.74. The average Bonchev–Trinajstić information content (AvgIpc) is 2.28. The summed E-state index contributed by atoms with van der Waals surface area (Å²) in [5.41, 5.74) is 5.53. The minimum absolute atomic E-state index is 0.152. The van der Waals surface area contributed by atoms with Gasteiger partial charge in [-0.15, -0.1) is 0 Å². The Balaban J connectivity index is 2.83. The van der Waals surface area contributed by atoms with E-state index in [0.29, 0.717) is 17.4 Å². The molecule has 0 aromatic heterocycles. The first-order chi connectivity index (χ1) is 7.56. The van der Waals surface area contributed by atoms with E-state index in [4.69, 9.17) is 5.73 Å². The third kappa shape index (κ3) is 3.39. The zero-order valence-electron chi connectivity index (χ0n) is 9.17. The highest BCUT2D eigenvalue weighted by molar-refractivity contribution is 9.10. The van der Waals surface area contributed by atoms with Crippen molar-refractivity contribution in [2.75, 3.05) is 6.54 Å². The average molecular weight is 288 g/mol. The lowest BCUT2D eigenvalue weighted by molar-refractivity contribution is 0.0919. The maximum atomic E-state index is 13.4. The molecular formula is C12H15BrFNO.